The molecule has 3 rings (SSSR count). The minimum atomic E-state index is 0.507. The average Bonchev–Trinajstić information content (AvgIpc) is 2.98. The van der Waals surface area contributed by atoms with E-state index >= 15 is 0 Å². The van der Waals surface area contributed by atoms with Crippen LogP contribution in [-0.4, -0.2) is 4.98 Å². The van der Waals surface area contributed by atoms with Crippen LogP contribution >= 0.6 is 0 Å². The van der Waals surface area contributed by atoms with Gasteiger partial charge in [0.2, 0.25) is 5.89 Å². The molecule has 5 heteroatoms. The Kier molecular flexibility index (Phi) is 3.81. The summed E-state index contributed by atoms with van der Waals surface area (Å²) in [6.45, 7) is 4.38. The summed E-state index contributed by atoms with van der Waals surface area (Å²) >= 11 is 0. The van der Waals surface area contributed by atoms with Crippen LogP contribution in [0.5, 0.6) is 0 Å². The Bertz CT molecular complexity index is 845. The highest BCUT2D eigenvalue weighted by molar-refractivity contribution is 5.77. The van der Waals surface area contributed by atoms with Gasteiger partial charge in [0.15, 0.2) is 5.58 Å². The summed E-state index contributed by atoms with van der Waals surface area (Å²) in [5.41, 5.74) is 12.8. The predicted octanol–water partition coefficient (Wildman–Crippen LogP) is 5.95. The third-order valence-corrected chi connectivity index (χ3v) is 3.87. The van der Waals surface area contributed by atoms with E-state index in [0.29, 0.717) is 17.5 Å². The molecule has 110 valence electrons. The molecule has 0 aliphatic carbocycles. The molecule has 0 saturated carbocycles. The summed E-state index contributed by atoms with van der Waals surface area (Å²) in [6.07, 6.45) is 1.09. The maximum atomic E-state index is 8.42. The maximum absolute atomic E-state index is 8.42. The van der Waals surface area contributed by atoms with Gasteiger partial charge in [0, 0.05) is 16.2 Å². The van der Waals surface area contributed by atoms with Gasteiger partial charge < -0.3 is 4.42 Å². The predicted molar refractivity (Wildman–Crippen MR) is 87.0 cm³/mol. The van der Waals surface area contributed by atoms with E-state index < -0.39 is 0 Å². The molecule has 0 bridgehead atoms. The van der Waals surface area contributed by atoms with Crippen LogP contribution < -0.4 is 0 Å². The van der Waals surface area contributed by atoms with Crippen LogP contribution in [0, 0.1) is 0 Å². The van der Waals surface area contributed by atoms with E-state index in [9.17, 15) is 0 Å². The van der Waals surface area contributed by atoms with Crippen LogP contribution in [0.2, 0.25) is 0 Å². The lowest BCUT2D eigenvalue weighted by atomic mass is 9.98. The molecule has 2 aromatic carbocycles. The van der Waals surface area contributed by atoms with Gasteiger partial charge in [-0.1, -0.05) is 37.2 Å². The second kappa shape index (κ2) is 5.92. The SMILES string of the molecule is CCC(C)c1ccc2oc(-c3ccc(N=[N+]=[N-])cc3)nc2c1. The van der Waals surface area contributed by atoms with Crippen molar-refractivity contribution >= 4 is 16.8 Å². The topological polar surface area (TPSA) is 74.8 Å². The van der Waals surface area contributed by atoms with E-state index in [1.54, 1.807) is 12.1 Å². The summed E-state index contributed by atoms with van der Waals surface area (Å²) in [5, 5.41) is 3.55. The number of benzene rings is 2. The largest absolute Gasteiger partial charge is 0.436 e. The van der Waals surface area contributed by atoms with Crippen LogP contribution in [0.1, 0.15) is 31.7 Å². The summed E-state index contributed by atoms with van der Waals surface area (Å²) in [4.78, 5) is 7.33. The van der Waals surface area contributed by atoms with Crippen LogP contribution in [-0.2, 0) is 0 Å². The van der Waals surface area contributed by atoms with Gasteiger partial charge in [-0.3, -0.25) is 0 Å². The van der Waals surface area contributed by atoms with Crippen molar-refractivity contribution in [3.8, 4) is 11.5 Å². The van der Waals surface area contributed by atoms with Gasteiger partial charge in [-0.25, -0.2) is 4.98 Å². The number of hydrogen-bond acceptors (Lipinski definition) is 3. The first-order valence-corrected chi connectivity index (χ1v) is 7.27. The van der Waals surface area contributed by atoms with Crippen LogP contribution in [0.4, 0.5) is 5.69 Å². The molecule has 22 heavy (non-hydrogen) atoms. The average molecular weight is 292 g/mol. The van der Waals surface area contributed by atoms with Gasteiger partial charge in [-0.05, 0) is 47.7 Å². The van der Waals surface area contributed by atoms with Crippen molar-refractivity contribution in [1.82, 2.24) is 4.98 Å². The molecule has 0 spiro atoms. The van der Waals surface area contributed by atoms with E-state index in [0.717, 1.165) is 23.1 Å². The van der Waals surface area contributed by atoms with Crippen LogP contribution in [0.25, 0.3) is 33.0 Å². The minimum Gasteiger partial charge on any atom is -0.436 e. The van der Waals surface area contributed by atoms with Crippen molar-refractivity contribution < 1.29 is 4.42 Å². The van der Waals surface area contributed by atoms with Gasteiger partial charge >= 0.3 is 0 Å². The Morgan fingerprint density at radius 3 is 2.68 bits per heavy atom. The lowest BCUT2D eigenvalue weighted by Crippen LogP contribution is -1.90. The number of azide groups is 1. The third-order valence-electron chi connectivity index (χ3n) is 3.87. The number of nitrogens with zero attached hydrogens (tertiary/aromatic N) is 4. The van der Waals surface area contributed by atoms with E-state index in [4.69, 9.17) is 9.95 Å². The highest BCUT2D eigenvalue weighted by Crippen LogP contribution is 2.28. The molecule has 0 N–H and O–H groups in total. The number of fused-ring (bicyclic) bond motifs is 1. The first kappa shape index (κ1) is 14.2. The summed E-state index contributed by atoms with van der Waals surface area (Å²) < 4.78 is 5.81. The number of oxazole rings is 1. The first-order valence-electron chi connectivity index (χ1n) is 7.27. The summed E-state index contributed by atoms with van der Waals surface area (Å²) in [7, 11) is 0. The normalized spacial score (nSPS) is 12.1. The van der Waals surface area contributed by atoms with E-state index in [1.807, 2.05) is 18.2 Å². The Balaban J connectivity index is 1.99. The second-order valence-electron chi connectivity index (χ2n) is 5.29. The molecule has 1 aromatic heterocycles. The molecule has 1 atom stereocenters. The molecule has 0 aliphatic heterocycles. The molecular weight excluding hydrogens is 276 g/mol. The molecule has 0 fully saturated rings. The zero-order valence-corrected chi connectivity index (χ0v) is 12.5. The number of aromatic nitrogens is 1. The highest BCUT2D eigenvalue weighted by Gasteiger charge is 2.10. The molecule has 0 aliphatic rings. The number of rotatable bonds is 4. The fourth-order valence-corrected chi connectivity index (χ4v) is 2.33. The van der Waals surface area contributed by atoms with Crippen molar-refractivity contribution in [1.29, 1.82) is 0 Å². The van der Waals surface area contributed by atoms with Crippen LogP contribution in [0.15, 0.2) is 52.0 Å². The molecule has 0 amide bonds. The quantitative estimate of drug-likeness (QED) is 0.338. The monoisotopic (exact) mass is 292 g/mol. The van der Waals surface area contributed by atoms with Crippen molar-refractivity contribution in [3.05, 3.63) is 58.5 Å². The van der Waals surface area contributed by atoms with Gasteiger partial charge in [-0.2, -0.15) is 0 Å². The van der Waals surface area contributed by atoms with Gasteiger partial charge in [0.05, 0.1) is 0 Å². The van der Waals surface area contributed by atoms with Crippen molar-refractivity contribution in [2.75, 3.05) is 0 Å². The molecule has 5 nitrogen and oxygen atoms in total. The van der Waals surface area contributed by atoms with Crippen LogP contribution in [0.3, 0.4) is 0 Å². The Morgan fingerprint density at radius 1 is 1.23 bits per heavy atom. The Morgan fingerprint density at radius 2 is 2.00 bits per heavy atom. The zero-order chi connectivity index (χ0) is 15.5. The fourth-order valence-electron chi connectivity index (χ4n) is 2.33. The van der Waals surface area contributed by atoms with Gasteiger partial charge in [0.1, 0.15) is 5.52 Å². The first-order chi connectivity index (χ1) is 10.7. The smallest absolute Gasteiger partial charge is 0.227 e. The fraction of sp³-hybridized carbons (Fsp3) is 0.235. The molecular formula is C17H16N4O. The lowest BCUT2D eigenvalue weighted by molar-refractivity contribution is 0.619. The Hall–Kier alpha value is -2.78. The second-order valence-corrected chi connectivity index (χ2v) is 5.29. The standard InChI is InChI=1S/C17H16N4O/c1-3-11(2)13-6-9-16-15(10-13)19-17(22-16)12-4-7-14(8-5-12)20-21-18/h4-11H,3H2,1-2H3. The molecule has 1 heterocycles. The van der Waals surface area contributed by atoms with E-state index in [-0.39, 0.29) is 0 Å². The molecule has 1 unspecified atom stereocenters. The Labute approximate surface area is 128 Å². The van der Waals surface area contributed by atoms with Crippen molar-refractivity contribution in [3.63, 3.8) is 0 Å². The summed E-state index contributed by atoms with van der Waals surface area (Å²) in [5.74, 6) is 1.08. The third kappa shape index (κ3) is 2.67. The van der Waals surface area contributed by atoms with Crippen molar-refractivity contribution in [2.45, 2.75) is 26.2 Å². The van der Waals surface area contributed by atoms with E-state index in [1.165, 1.54) is 5.56 Å². The maximum Gasteiger partial charge on any atom is 0.227 e. The van der Waals surface area contributed by atoms with Gasteiger partial charge in [-0.15, -0.1) is 0 Å². The highest BCUT2D eigenvalue weighted by atomic mass is 16.3. The lowest BCUT2D eigenvalue weighted by Gasteiger charge is -2.07. The number of hydrogen-bond donors (Lipinski definition) is 0. The minimum absolute atomic E-state index is 0.507. The molecule has 3 aromatic rings. The molecule has 0 saturated heterocycles. The van der Waals surface area contributed by atoms with Gasteiger partial charge in [0.25, 0.3) is 0 Å². The van der Waals surface area contributed by atoms with E-state index in [2.05, 4.69) is 41.0 Å². The zero-order valence-electron chi connectivity index (χ0n) is 12.5. The molecule has 0 radical (unpaired) electrons. The summed E-state index contributed by atoms with van der Waals surface area (Å²) in [6, 6.07) is 13.3. The van der Waals surface area contributed by atoms with Crippen molar-refractivity contribution in [2.24, 2.45) is 5.11 Å².